The van der Waals surface area contributed by atoms with Crippen molar-refractivity contribution in [2.75, 3.05) is 13.1 Å². The van der Waals surface area contributed by atoms with Crippen molar-refractivity contribution in [2.24, 2.45) is 0 Å². The first-order valence-corrected chi connectivity index (χ1v) is 7.09. The number of amides is 1. The maximum absolute atomic E-state index is 12.0. The van der Waals surface area contributed by atoms with Gasteiger partial charge in [-0.05, 0) is 5.56 Å². The smallest absolute Gasteiger partial charge is 0.410 e. The highest BCUT2D eigenvalue weighted by Crippen LogP contribution is 2.30. The number of carbonyl (C=O) groups is 1. The molecular formula is C14H17N5O3. The number of nitrogens with zero attached hydrogens (tertiary/aromatic N) is 4. The number of ether oxygens (including phenoxy) is 1. The van der Waals surface area contributed by atoms with Crippen molar-refractivity contribution in [3.8, 4) is 0 Å². The Balaban J connectivity index is 1.52. The summed E-state index contributed by atoms with van der Waals surface area (Å²) in [4.78, 5) is 13.6. The minimum absolute atomic E-state index is 0.241. The predicted molar refractivity (Wildman–Crippen MR) is 75.5 cm³/mol. The van der Waals surface area contributed by atoms with Crippen LogP contribution in [0, 0.1) is 0 Å². The molecule has 0 atom stereocenters. The van der Waals surface area contributed by atoms with Crippen molar-refractivity contribution in [1.29, 1.82) is 0 Å². The number of rotatable bonds is 3. The lowest BCUT2D eigenvalue weighted by Crippen LogP contribution is -2.45. The van der Waals surface area contributed by atoms with Crippen molar-refractivity contribution < 1.29 is 14.6 Å². The van der Waals surface area contributed by atoms with Crippen LogP contribution in [0.4, 0.5) is 4.79 Å². The minimum Gasteiger partial charge on any atom is -0.445 e. The van der Waals surface area contributed by atoms with Gasteiger partial charge in [-0.3, -0.25) is 0 Å². The van der Waals surface area contributed by atoms with Gasteiger partial charge < -0.3 is 14.7 Å². The number of H-pyrrole nitrogens is 1. The quantitative estimate of drug-likeness (QED) is 0.870. The highest BCUT2D eigenvalue weighted by Gasteiger charge is 2.39. The second-order valence-electron chi connectivity index (χ2n) is 5.29. The summed E-state index contributed by atoms with van der Waals surface area (Å²) >= 11 is 0. The van der Waals surface area contributed by atoms with E-state index in [2.05, 4.69) is 20.6 Å². The summed E-state index contributed by atoms with van der Waals surface area (Å²) < 4.78 is 5.28. The molecule has 2 aromatic rings. The first-order chi connectivity index (χ1) is 10.7. The fraction of sp³-hybridized carbons (Fsp3) is 0.429. The molecule has 1 aliphatic heterocycles. The summed E-state index contributed by atoms with van der Waals surface area (Å²) in [5, 5.41) is 23.9. The summed E-state index contributed by atoms with van der Waals surface area (Å²) in [6.45, 7) is 1.02. The van der Waals surface area contributed by atoms with Gasteiger partial charge in [-0.1, -0.05) is 35.5 Å². The van der Waals surface area contributed by atoms with Gasteiger partial charge in [0.05, 0.1) is 0 Å². The van der Waals surface area contributed by atoms with Crippen LogP contribution >= 0.6 is 0 Å². The maximum atomic E-state index is 12.0. The molecule has 1 aromatic heterocycles. The number of aromatic amines is 1. The fourth-order valence-electron chi connectivity index (χ4n) is 2.45. The Morgan fingerprint density at radius 2 is 2.05 bits per heavy atom. The number of piperidine rings is 1. The van der Waals surface area contributed by atoms with E-state index in [0.717, 1.165) is 5.56 Å². The first-order valence-electron chi connectivity index (χ1n) is 7.09. The Hall–Kier alpha value is -2.48. The topological polar surface area (TPSA) is 104 Å². The molecule has 1 aliphatic rings. The average Bonchev–Trinajstić information content (AvgIpc) is 3.10. The first kappa shape index (κ1) is 14.5. The molecule has 1 amide bonds. The second-order valence-corrected chi connectivity index (χ2v) is 5.29. The van der Waals surface area contributed by atoms with Crippen LogP contribution in [-0.4, -0.2) is 49.8 Å². The monoisotopic (exact) mass is 303 g/mol. The van der Waals surface area contributed by atoms with Crippen LogP contribution in [-0.2, 0) is 16.9 Å². The molecule has 0 aliphatic carbocycles. The molecule has 116 valence electrons. The van der Waals surface area contributed by atoms with E-state index in [1.165, 1.54) is 0 Å². The Labute approximate surface area is 127 Å². The predicted octanol–water partition coefficient (Wildman–Crippen LogP) is 0.820. The van der Waals surface area contributed by atoms with Crippen molar-refractivity contribution in [2.45, 2.75) is 25.0 Å². The van der Waals surface area contributed by atoms with Gasteiger partial charge in [-0.2, -0.15) is 5.21 Å². The summed E-state index contributed by atoms with van der Waals surface area (Å²) in [7, 11) is 0. The second kappa shape index (κ2) is 6.10. The fourth-order valence-corrected chi connectivity index (χ4v) is 2.45. The standard InChI is InChI=1S/C14H17N5O3/c20-13(22-10-11-4-2-1-3-5-11)19-8-6-14(21,7-9-19)12-15-17-18-16-12/h1-5,21H,6-10H2,(H,15,16,17,18). The van der Waals surface area contributed by atoms with Gasteiger partial charge in [0.2, 0.25) is 5.82 Å². The summed E-state index contributed by atoms with van der Waals surface area (Å²) in [5.74, 6) is 0.268. The van der Waals surface area contributed by atoms with E-state index in [0.29, 0.717) is 25.9 Å². The van der Waals surface area contributed by atoms with Crippen LogP contribution in [0.2, 0.25) is 0 Å². The molecule has 0 bridgehead atoms. The number of benzene rings is 1. The van der Waals surface area contributed by atoms with Gasteiger partial charge in [0.1, 0.15) is 12.2 Å². The van der Waals surface area contributed by atoms with E-state index in [1.807, 2.05) is 30.3 Å². The normalized spacial score (nSPS) is 17.2. The molecule has 0 spiro atoms. The van der Waals surface area contributed by atoms with E-state index < -0.39 is 5.60 Å². The largest absolute Gasteiger partial charge is 0.445 e. The SMILES string of the molecule is O=C(OCc1ccccc1)N1CCC(O)(c2nn[nH]n2)CC1. The van der Waals surface area contributed by atoms with Crippen LogP contribution in [0.5, 0.6) is 0 Å². The highest BCUT2D eigenvalue weighted by molar-refractivity contribution is 5.67. The lowest BCUT2D eigenvalue weighted by molar-refractivity contribution is -0.0320. The van der Waals surface area contributed by atoms with Crippen LogP contribution in [0.25, 0.3) is 0 Å². The minimum atomic E-state index is -1.14. The Bertz CT molecular complexity index is 609. The van der Waals surface area contributed by atoms with Gasteiger partial charge in [0.25, 0.3) is 0 Å². The van der Waals surface area contributed by atoms with E-state index in [9.17, 15) is 9.90 Å². The van der Waals surface area contributed by atoms with E-state index in [-0.39, 0.29) is 18.5 Å². The third kappa shape index (κ3) is 3.06. The van der Waals surface area contributed by atoms with Crippen LogP contribution < -0.4 is 0 Å². The van der Waals surface area contributed by atoms with Gasteiger partial charge in [0.15, 0.2) is 0 Å². The Kier molecular flexibility index (Phi) is 4.01. The zero-order valence-corrected chi connectivity index (χ0v) is 12.0. The lowest BCUT2D eigenvalue weighted by Gasteiger charge is -2.35. The number of hydrogen-bond donors (Lipinski definition) is 2. The number of likely N-dealkylation sites (tertiary alicyclic amines) is 1. The number of aromatic nitrogens is 4. The molecule has 1 aromatic carbocycles. The molecule has 0 saturated carbocycles. The van der Waals surface area contributed by atoms with Gasteiger partial charge in [-0.25, -0.2) is 4.79 Å². The van der Waals surface area contributed by atoms with E-state index >= 15 is 0 Å². The molecule has 0 unspecified atom stereocenters. The molecule has 8 nitrogen and oxygen atoms in total. The molecule has 1 saturated heterocycles. The molecule has 2 N–H and O–H groups in total. The average molecular weight is 303 g/mol. The Morgan fingerprint density at radius 1 is 1.32 bits per heavy atom. The zero-order valence-electron chi connectivity index (χ0n) is 12.0. The Morgan fingerprint density at radius 3 is 2.68 bits per heavy atom. The molecule has 3 rings (SSSR count). The van der Waals surface area contributed by atoms with Crippen molar-refractivity contribution in [3.05, 3.63) is 41.7 Å². The maximum Gasteiger partial charge on any atom is 0.410 e. The number of nitrogens with one attached hydrogen (secondary N) is 1. The number of aliphatic hydroxyl groups is 1. The zero-order chi connectivity index (χ0) is 15.4. The van der Waals surface area contributed by atoms with Crippen molar-refractivity contribution in [1.82, 2.24) is 25.5 Å². The molecular weight excluding hydrogens is 286 g/mol. The van der Waals surface area contributed by atoms with Gasteiger partial charge >= 0.3 is 6.09 Å². The molecule has 1 fully saturated rings. The van der Waals surface area contributed by atoms with E-state index in [4.69, 9.17) is 4.74 Å². The molecule has 22 heavy (non-hydrogen) atoms. The van der Waals surface area contributed by atoms with Gasteiger partial charge in [-0.15, -0.1) is 10.2 Å². The third-order valence-corrected chi connectivity index (χ3v) is 3.82. The number of tetrazole rings is 1. The highest BCUT2D eigenvalue weighted by atomic mass is 16.6. The summed E-state index contributed by atoms with van der Waals surface area (Å²) in [6.07, 6.45) is 0.332. The van der Waals surface area contributed by atoms with Crippen LogP contribution in [0.3, 0.4) is 0 Å². The van der Waals surface area contributed by atoms with Crippen LogP contribution in [0.15, 0.2) is 30.3 Å². The van der Waals surface area contributed by atoms with E-state index in [1.54, 1.807) is 4.90 Å². The summed E-state index contributed by atoms with van der Waals surface area (Å²) in [5.41, 5.74) is -0.195. The number of hydrogen-bond acceptors (Lipinski definition) is 6. The third-order valence-electron chi connectivity index (χ3n) is 3.82. The lowest BCUT2D eigenvalue weighted by atomic mass is 9.91. The summed E-state index contributed by atoms with van der Waals surface area (Å²) in [6, 6.07) is 9.51. The van der Waals surface area contributed by atoms with Gasteiger partial charge in [0, 0.05) is 25.9 Å². The molecule has 0 radical (unpaired) electrons. The van der Waals surface area contributed by atoms with Crippen molar-refractivity contribution in [3.63, 3.8) is 0 Å². The van der Waals surface area contributed by atoms with Crippen LogP contribution in [0.1, 0.15) is 24.2 Å². The number of carbonyl (C=O) groups excluding carboxylic acids is 1. The van der Waals surface area contributed by atoms with Crippen molar-refractivity contribution >= 4 is 6.09 Å². The molecule has 8 heteroatoms. The molecule has 2 heterocycles.